The van der Waals surface area contributed by atoms with E-state index in [4.69, 9.17) is 9.47 Å². The van der Waals surface area contributed by atoms with E-state index in [1.807, 2.05) is 48.5 Å². The predicted molar refractivity (Wildman–Crippen MR) is 105 cm³/mol. The van der Waals surface area contributed by atoms with Crippen LogP contribution in [0.4, 0.5) is 0 Å². The molecule has 0 aliphatic heterocycles. The number of esters is 1. The average molecular weight is 385 g/mol. The fourth-order valence-electron chi connectivity index (χ4n) is 2.90. The van der Waals surface area contributed by atoms with Crippen molar-refractivity contribution in [3.8, 4) is 5.75 Å². The maximum atomic E-state index is 11.7. The number of nitrogens with one attached hydrogen (secondary N) is 1. The Morgan fingerprint density at radius 1 is 1.00 bits per heavy atom. The molecule has 1 aliphatic rings. The van der Waals surface area contributed by atoms with Gasteiger partial charge in [-0.3, -0.25) is 4.79 Å². The summed E-state index contributed by atoms with van der Waals surface area (Å²) in [6, 6.07) is 15.9. The third-order valence-corrected chi connectivity index (χ3v) is 5.24. The SMILES string of the molecule is O=C(COC(=O)COc1ccc2c(c1)CCC2)NCCSc1ccccc1. The summed E-state index contributed by atoms with van der Waals surface area (Å²) < 4.78 is 10.4. The van der Waals surface area contributed by atoms with Gasteiger partial charge in [0.05, 0.1) is 0 Å². The van der Waals surface area contributed by atoms with Gasteiger partial charge in [0.2, 0.25) is 0 Å². The summed E-state index contributed by atoms with van der Waals surface area (Å²) in [5, 5.41) is 2.73. The largest absolute Gasteiger partial charge is 0.482 e. The highest BCUT2D eigenvalue weighted by Crippen LogP contribution is 2.25. The van der Waals surface area contributed by atoms with Crippen molar-refractivity contribution in [1.29, 1.82) is 0 Å². The molecule has 1 aliphatic carbocycles. The number of benzene rings is 2. The molecule has 0 unspecified atom stereocenters. The molecule has 6 heteroatoms. The lowest BCUT2D eigenvalue weighted by atomic mass is 10.1. The van der Waals surface area contributed by atoms with Gasteiger partial charge in [0.15, 0.2) is 13.2 Å². The maximum Gasteiger partial charge on any atom is 0.344 e. The van der Waals surface area contributed by atoms with Crippen LogP contribution >= 0.6 is 11.8 Å². The molecule has 0 bridgehead atoms. The third kappa shape index (κ3) is 6.32. The zero-order chi connectivity index (χ0) is 18.9. The second kappa shape index (κ2) is 10.0. The van der Waals surface area contributed by atoms with E-state index in [0.29, 0.717) is 12.3 Å². The molecule has 0 fully saturated rings. The molecule has 0 spiro atoms. The van der Waals surface area contributed by atoms with Gasteiger partial charge in [-0.25, -0.2) is 4.79 Å². The van der Waals surface area contributed by atoms with Crippen LogP contribution < -0.4 is 10.1 Å². The highest BCUT2D eigenvalue weighted by atomic mass is 32.2. The van der Waals surface area contributed by atoms with Crippen molar-refractivity contribution in [2.24, 2.45) is 0 Å². The van der Waals surface area contributed by atoms with E-state index in [0.717, 1.165) is 23.5 Å². The Morgan fingerprint density at radius 2 is 1.81 bits per heavy atom. The number of rotatable bonds is 9. The molecule has 0 aromatic heterocycles. The molecule has 2 aromatic rings. The predicted octanol–water partition coefficient (Wildman–Crippen LogP) is 3.01. The van der Waals surface area contributed by atoms with E-state index in [2.05, 4.69) is 5.32 Å². The van der Waals surface area contributed by atoms with Gasteiger partial charge < -0.3 is 14.8 Å². The lowest BCUT2D eigenvalue weighted by molar-refractivity contribution is -0.150. The van der Waals surface area contributed by atoms with Gasteiger partial charge in [-0.05, 0) is 54.7 Å². The van der Waals surface area contributed by atoms with Gasteiger partial charge in [-0.1, -0.05) is 24.3 Å². The Hall–Kier alpha value is -2.47. The molecule has 2 aromatic carbocycles. The Bertz CT molecular complexity index is 779. The van der Waals surface area contributed by atoms with Crippen LogP contribution in [0.25, 0.3) is 0 Å². The Kier molecular flexibility index (Phi) is 7.16. The van der Waals surface area contributed by atoms with Crippen molar-refractivity contribution in [3.05, 3.63) is 59.7 Å². The maximum absolute atomic E-state index is 11.7. The summed E-state index contributed by atoms with van der Waals surface area (Å²) in [7, 11) is 0. The first-order chi connectivity index (χ1) is 13.2. The van der Waals surface area contributed by atoms with E-state index in [-0.39, 0.29) is 19.1 Å². The minimum Gasteiger partial charge on any atom is -0.482 e. The van der Waals surface area contributed by atoms with Crippen LogP contribution in [0.15, 0.2) is 53.4 Å². The molecule has 5 nitrogen and oxygen atoms in total. The second-order valence-electron chi connectivity index (χ2n) is 6.24. The third-order valence-electron chi connectivity index (χ3n) is 4.23. The minimum atomic E-state index is -0.552. The van der Waals surface area contributed by atoms with Crippen LogP contribution in [-0.2, 0) is 27.2 Å². The summed E-state index contributed by atoms with van der Waals surface area (Å²) in [5.41, 5.74) is 2.64. The zero-order valence-electron chi connectivity index (χ0n) is 15.1. The first kappa shape index (κ1) is 19.3. The summed E-state index contributed by atoms with van der Waals surface area (Å²) in [6.45, 7) is 0.0277. The molecule has 3 rings (SSSR count). The molecule has 0 radical (unpaired) electrons. The van der Waals surface area contributed by atoms with E-state index < -0.39 is 5.97 Å². The van der Waals surface area contributed by atoms with Gasteiger partial charge in [0.1, 0.15) is 5.75 Å². The fourth-order valence-corrected chi connectivity index (χ4v) is 3.68. The number of amides is 1. The highest BCUT2D eigenvalue weighted by molar-refractivity contribution is 7.99. The standard InChI is InChI=1S/C21H23NO4S/c23-20(22-11-12-27-19-7-2-1-3-8-19)14-26-21(24)15-25-18-10-9-16-5-4-6-17(16)13-18/h1-3,7-10,13H,4-6,11-12,14-15H2,(H,22,23). The van der Waals surface area contributed by atoms with Gasteiger partial charge >= 0.3 is 5.97 Å². The van der Waals surface area contributed by atoms with E-state index in [1.54, 1.807) is 11.8 Å². The molecule has 0 saturated carbocycles. The quantitative estimate of drug-likeness (QED) is 0.408. The zero-order valence-corrected chi connectivity index (χ0v) is 15.9. The monoisotopic (exact) mass is 385 g/mol. The number of carbonyl (C=O) groups is 2. The Morgan fingerprint density at radius 3 is 2.67 bits per heavy atom. The first-order valence-corrected chi connectivity index (χ1v) is 10.0. The van der Waals surface area contributed by atoms with Gasteiger partial charge in [0, 0.05) is 17.2 Å². The van der Waals surface area contributed by atoms with Crippen molar-refractivity contribution in [2.75, 3.05) is 25.5 Å². The van der Waals surface area contributed by atoms with Gasteiger partial charge in [-0.2, -0.15) is 0 Å². The van der Waals surface area contributed by atoms with E-state index in [1.165, 1.54) is 17.5 Å². The minimum absolute atomic E-state index is 0.198. The van der Waals surface area contributed by atoms with Crippen LogP contribution in [0, 0.1) is 0 Å². The van der Waals surface area contributed by atoms with Crippen LogP contribution in [0.2, 0.25) is 0 Å². The van der Waals surface area contributed by atoms with Crippen molar-refractivity contribution in [3.63, 3.8) is 0 Å². The molecular formula is C21H23NO4S. The van der Waals surface area contributed by atoms with Crippen LogP contribution in [0.5, 0.6) is 5.75 Å². The number of aryl methyl sites for hydroxylation is 2. The smallest absolute Gasteiger partial charge is 0.344 e. The first-order valence-electron chi connectivity index (χ1n) is 9.05. The molecule has 0 atom stereocenters. The molecule has 1 N–H and O–H groups in total. The number of thioether (sulfide) groups is 1. The Labute approximate surface area is 163 Å². The number of fused-ring (bicyclic) bond motifs is 1. The molecule has 1 amide bonds. The van der Waals surface area contributed by atoms with E-state index >= 15 is 0 Å². The number of ether oxygens (including phenoxy) is 2. The van der Waals surface area contributed by atoms with Crippen molar-refractivity contribution < 1.29 is 19.1 Å². The molecular weight excluding hydrogens is 362 g/mol. The average Bonchev–Trinajstić information content (AvgIpc) is 3.17. The molecule has 0 saturated heterocycles. The topological polar surface area (TPSA) is 64.6 Å². The number of hydrogen-bond donors (Lipinski definition) is 1. The second-order valence-corrected chi connectivity index (χ2v) is 7.41. The molecule has 27 heavy (non-hydrogen) atoms. The van der Waals surface area contributed by atoms with Crippen molar-refractivity contribution in [2.45, 2.75) is 24.2 Å². The molecule has 142 valence electrons. The highest BCUT2D eigenvalue weighted by Gasteiger charge is 2.12. The molecule has 0 heterocycles. The van der Waals surface area contributed by atoms with Gasteiger partial charge in [-0.15, -0.1) is 11.8 Å². The lowest BCUT2D eigenvalue weighted by Crippen LogP contribution is -2.31. The van der Waals surface area contributed by atoms with Crippen LogP contribution in [0.3, 0.4) is 0 Å². The normalized spacial score (nSPS) is 12.3. The van der Waals surface area contributed by atoms with Crippen molar-refractivity contribution in [1.82, 2.24) is 5.32 Å². The van der Waals surface area contributed by atoms with Crippen LogP contribution in [0.1, 0.15) is 17.5 Å². The summed E-state index contributed by atoms with van der Waals surface area (Å²) >= 11 is 1.66. The van der Waals surface area contributed by atoms with Crippen LogP contribution in [-0.4, -0.2) is 37.4 Å². The summed E-state index contributed by atoms with van der Waals surface area (Å²) in [6.07, 6.45) is 3.33. The van der Waals surface area contributed by atoms with Crippen molar-refractivity contribution >= 4 is 23.6 Å². The summed E-state index contributed by atoms with van der Waals surface area (Å²) in [5.74, 6) is 0.555. The Balaban J connectivity index is 1.28. The fraction of sp³-hybridized carbons (Fsp3) is 0.333. The number of carbonyl (C=O) groups excluding carboxylic acids is 2. The lowest BCUT2D eigenvalue weighted by Gasteiger charge is -2.09. The number of hydrogen-bond acceptors (Lipinski definition) is 5. The van der Waals surface area contributed by atoms with Gasteiger partial charge in [0.25, 0.3) is 5.91 Å². The summed E-state index contributed by atoms with van der Waals surface area (Å²) in [4.78, 5) is 24.6. The van der Waals surface area contributed by atoms with E-state index in [9.17, 15) is 9.59 Å².